The first-order valence-corrected chi connectivity index (χ1v) is 26.7. The molecule has 8 heteroatoms. The van der Waals surface area contributed by atoms with E-state index in [0.29, 0.717) is 22.5 Å². The van der Waals surface area contributed by atoms with E-state index in [-0.39, 0.29) is 0 Å². The predicted molar refractivity (Wildman–Crippen MR) is 326 cm³/mol. The predicted octanol–water partition coefficient (Wildman–Crippen LogP) is 17.7. The number of aromatic nitrogens is 5. The Hall–Kier alpha value is -11.6. The van der Waals surface area contributed by atoms with E-state index < -0.39 is 0 Å². The lowest BCUT2D eigenvalue weighted by Gasteiger charge is -2.13. The van der Waals surface area contributed by atoms with Gasteiger partial charge < -0.3 is 13.7 Å². The molecule has 0 bridgehead atoms. The smallest absolute Gasteiger partial charge is 0.160 e. The van der Waals surface area contributed by atoms with Crippen LogP contribution in [0.5, 0.6) is 0 Å². The third-order valence-corrected chi connectivity index (χ3v) is 15.8. The second-order valence-electron chi connectivity index (χ2n) is 20.3. The fourth-order valence-corrected chi connectivity index (χ4v) is 11.9. The van der Waals surface area contributed by atoms with Gasteiger partial charge in [-0.25, -0.2) is 9.97 Å². The molecule has 11 aromatic carbocycles. The van der Waals surface area contributed by atoms with Crippen LogP contribution in [0.2, 0.25) is 0 Å². The van der Waals surface area contributed by atoms with Crippen molar-refractivity contribution in [2.75, 3.05) is 0 Å². The van der Waals surface area contributed by atoms with Crippen LogP contribution in [0.25, 0.3) is 139 Å². The zero-order valence-corrected chi connectivity index (χ0v) is 43.3. The summed E-state index contributed by atoms with van der Waals surface area (Å²) in [5.74, 6) is 0.681. The van der Waals surface area contributed by atoms with Gasteiger partial charge in [0, 0.05) is 60.4 Å². The molecule has 0 aliphatic heterocycles. The van der Waals surface area contributed by atoms with E-state index in [1.807, 2.05) is 91.0 Å². The monoisotopic (exact) mass is 1030 g/mol. The molecule has 0 aliphatic carbocycles. The van der Waals surface area contributed by atoms with Gasteiger partial charge in [0.15, 0.2) is 5.82 Å². The number of fused-ring (bicyclic) bond motifs is 9. The van der Waals surface area contributed by atoms with E-state index >= 15 is 0 Å². The summed E-state index contributed by atoms with van der Waals surface area (Å²) in [5.41, 5.74) is 19.1. The fraction of sp³-hybridized carbons (Fsp3) is 0. The fourth-order valence-electron chi connectivity index (χ4n) is 11.9. The van der Waals surface area contributed by atoms with Crippen molar-refractivity contribution >= 4 is 65.4 Å². The second-order valence-corrected chi connectivity index (χ2v) is 20.3. The number of nitrogens with zero attached hydrogens (tertiary/aromatic N) is 8. The minimum atomic E-state index is 0.543. The van der Waals surface area contributed by atoms with Gasteiger partial charge >= 0.3 is 0 Å². The summed E-state index contributed by atoms with van der Waals surface area (Å²) >= 11 is 0. The molecule has 0 radical (unpaired) electrons. The zero-order chi connectivity index (χ0) is 54.1. The van der Waals surface area contributed by atoms with Gasteiger partial charge in [-0.1, -0.05) is 152 Å². The molecule has 0 fully saturated rings. The summed E-state index contributed by atoms with van der Waals surface area (Å²) in [7, 11) is 0. The lowest BCUT2D eigenvalue weighted by molar-refractivity contribution is 1.15. The highest BCUT2D eigenvalue weighted by Gasteiger charge is 2.21. The Morgan fingerprint density at radius 3 is 1.17 bits per heavy atom. The second kappa shape index (κ2) is 18.8. The summed E-state index contributed by atoms with van der Waals surface area (Å²) in [6, 6.07) is 94.5. The Morgan fingerprint density at radius 2 is 0.667 bits per heavy atom. The van der Waals surface area contributed by atoms with Crippen LogP contribution in [-0.2, 0) is 0 Å². The third kappa shape index (κ3) is 7.73. The first-order valence-electron chi connectivity index (χ1n) is 26.7. The quantitative estimate of drug-likeness (QED) is 0.150. The van der Waals surface area contributed by atoms with E-state index in [1.54, 1.807) is 0 Å². The molecule has 0 saturated heterocycles. The van der Waals surface area contributed by atoms with Gasteiger partial charge in [-0.15, -0.1) is 0 Å². The molecule has 0 amide bonds. The molecule has 81 heavy (non-hydrogen) atoms. The maximum atomic E-state index is 11.1. The van der Waals surface area contributed by atoms with Crippen molar-refractivity contribution in [2.24, 2.45) is 0 Å². The van der Waals surface area contributed by atoms with E-state index in [1.165, 1.54) is 10.8 Å². The number of hydrogen-bond donors (Lipinski definition) is 0. The number of para-hydroxylation sites is 2. The van der Waals surface area contributed by atoms with Crippen LogP contribution in [0.1, 0.15) is 16.7 Å². The molecule has 15 aromatic rings. The van der Waals surface area contributed by atoms with Crippen molar-refractivity contribution < 1.29 is 0 Å². The molecule has 4 heterocycles. The first kappa shape index (κ1) is 46.7. The summed E-state index contributed by atoms with van der Waals surface area (Å²) in [6.07, 6.45) is 0. The summed E-state index contributed by atoms with van der Waals surface area (Å²) in [6.45, 7) is 0. The Balaban J connectivity index is 0.824. The van der Waals surface area contributed by atoms with Gasteiger partial charge in [0.1, 0.15) is 6.07 Å². The number of rotatable bonds is 8. The number of nitriles is 3. The van der Waals surface area contributed by atoms with E-state index in [4.69, 9.17) is 9.97 Å². The van der Waals surface area contributed by atoms with E-state index in [2.05, 4.69) is 196 Å². The van der Waals surface area contributed by atoms with Gasteiger partial charge in [-0.05, 0) is 125 Å². The van der Waals surface area contributed by atoms with Crippen LogP contribution in [-0.4, -0.2) is 23.7 Å². The SMILES string of the molecule is N#Cc1ccc2c(c1)c1cc(C#N)ccc1n2-c1ccc2c(c1)c1cc(-n3c4ccccc4c4ccccc43)ccc1n2-c1ccc(-c2ccc(-c3ccc(-c4cc(-c5ccccc5)nc(-c5ccccc5)n4)cc3)cc2)cc1C#N. The average Bonchev–Trinajstić information content (AvgIpc) is 4.14. The van der Waals surface area contributed by atoms with Gasteiger partial charge in [0.05, 0.1) is 79.0 Å². The summed E-state index contributed by atoms with van der Waals surface area (Å²) in [4.78, 5) is 10.00. The van der Waals surface area contributed by atoms with Crippen LogP contribution in [0.4, 0.5) is 0 Å². The van der Waals surface area contributed by atoms with Gasteiger partial charge in [-0.2, -0.15) is 15.8 Å². The molecule has 8 nitrogen and oxygen atoms in total. The lowest BCUT2D eigenvalue weighted by Crippen LogP contribution is -1.99. The van der Waals surface area contributed by atoms with Gasteiger partial charge in [0.25, 0.3) is 0 Å². The largest absolute Gasteiger partial charge is 0.309 e. The maximum absolute atomic E-state index is 11.1. The van der Waals surface area contributed by atoms with Crippen molar-refractivity contribution in [3.63, 3.8) is 0 Å². The molecule has 0 spiro atoms. The van der Waals surface area contributed by atoms with Crippen molar-refractivity contribution in [1.29, 1.82) is 15.8 Å². The molecular weight excluding hydrogens is 989 g/mol. The molecule has 0 atom stereocenters. The Kier molecular flexibility index (Phi) is 10.8. The van der Waals surface area contributed by atoms with Crippen LogP contribution in [0.3, 0.4) is 0 Å². The van der Waals surface area contributed by atoms with Crippen molar-refractivity contribution in [1.82, 2.24) is 23.7 Å². The normalized spacial score (nSPS) is 11.4. The van der Waals surface area contributed by atoms with Crippen molar-refractivity contribution in [3.8, 4) is 91.4 Å². The number of hydrogen-bond acceptors (Lipinski definition) is 5. The molecule has 0 aliphatic rings. The third-order valence-electron chi connectivity index (χ3n) is 15.8. The van der Waals surface area contributed by atoms with Crippen LogP contribution in [0.15, 0.2) is 255 Å². The topological polar surface area (TPSA) is 112 Å². The standard InChI is InChI=1S/C73H42N8/c74-43-46-19-32-69-60(37-46)61-38-47(44-75)20-33-70(61)80(69)57-31-36-72-63(41-57)62-40-56(79-67-17-9-7-15-58(67)59-16-8-10-18-68(59)79)30-35-71(62)81(72)66-34-29-54(39-55(66)45-76)50-23-21-48(22-24-50)49-25-27-52(28-26-49)65-42-64(51-11-3-1-4-12-51)77-73(78-65)53-13-5-2-6-14-53/h1-42H. The summed E-state index contributed by atoms with van der Waals surface area (Å²) < 4.78 is 6.77. The zero-order valence-electron chi connectivity index (χ0n) is 43.3. The van der Waals surface area contributed by atoms with E-state index in [0.717, 1.165) is 122 Å². The summed E-state index contributed by atoms with van der Waals surface area (Å²) in [5, 5.41) is 37.1. The number of benzene rings is 11. The minimum Gasteiger partial charge on any atom is -0.309 e. The Bertz CT molecular complexity index is 5000. The Labute approximate surface area is 465 Å². The lowest BCUT2D eigenvalue weighted by atomic mass is 9.97. The first-order chi connectivity index (χ1) is 40.0. The highest BCUT2D eigenvalue weighted by atomic mass is 15.0. The Morgan fingerprint density at radius 1 is 0.272 bits per heavy atom. The molecule has 0 unspecified atom stereocenters. The molecule has 0 N–H and O–H groups in total. The average molecular weight is 1030 g/mol. The molecule has 374 valence electrons. The van der Waals surface area contributed by atoms with Gasteiger partial charge in [-0.3, -0.25) is 0 Å². The van der Waals surface area contributed by atoms with Crippen LogP contribution >= 0.6 is 0 Å². The van der Waals surface area contributed by atoms with Crippen molar-refractivity contribution in [3.05, 3.63) is 271 Å². The minimum absolute atomic E-state index is 0.543. The molecule has 15 rings (SSSR count). The highest BCUT2D eigenvalue weighted by Crippen LogP contribution is 2.41. The molecule has 4 aromatic heterocycles. The highest BCUT2D eigenvalue weighted by molar-refractivity contribution is 6.14. The van der Waals surface area contributed by atoms with Crippen LogP contribution in [0, 0.1) is 34.0 Å². The van der Waals surface area contributed by atoms with Crippen LogP contribution < -0.4 is 0 Å². The van der Waals surface area contributed by atoms with Gasteiger partial charge in [0.2, 0.25) is 0 Å². The maximum Gasteiger partial charge on any atom is 0.160 e. The van der Waals surface area contributed by atoms with Crippen molar-refractivity contribution in [2.45, 2.75) is 0 Å². The van der Waals surface area contributed by atoms with E-state index in [9.17, 15) is 15.8 Å². The molecular formula is C73H42N8. The molecule has 0 saturated carbocycles.